The van der Waals surface area contributed by atoms with E-state index in [-0.39, 0.29) is 6.54 Å². The van der Waals surface area contributed by atoms with Crippen LogP contribution in [-0.2, 0) is 12.7 Å². The maximum absolute atomic E-state index is 13.0. The van der Waals surface area contributed by atoms with Crippen molar-refractivity contribution in [3.63, 3.8) is 0 Å². The minimum atomic E-state index is -4.51. The Kier molecular flexibility index (Phi) is 5.34. The van der Waals surface area contributed by atoms with Crippen LogP contribution in [0.4, 0.5) is 17.6 Å². The molecule has 0 amide bonds. The molecule has 0 saturated heterocycles. The van der Waals surface area contributed by atoms with Gasteiger partial charge in [0.25, 0.3) is 0 Å². The van der Waals surface area contributed by atoms with E-state index in [1.165, 1.54) is 0 Å². The lowest BCUT2D eigenvalue weighted by atomic mass is 10.1. The van der Waals surface area contributed by atoms with E-state index in [2.05, 4.69) is 5.32 Å². The summed E-state index contributed by atoms with van der Waals surface area (Å²) >= 11 is 0. The molecule has 0 radical (unpaired) electrons. The fourth-order valence-electron chi connectivity index (χ4n) is 1.50. The number of nitrogens with one attached hydrogen (secondary N) is 1. The van der Waals surface area contributed by atoms with Gasteiger partial charge in [-0.1, -0.05) is 12.2 Å². The SMILES string of the molecule is C/C=C/CCNCc1cc(F)cc(C(F)(F)F)c1. The third-order valence-electron chi connectivity index (χ3n) is 2.34. The second-order valence-corrected chi connectivity index (χ2v) is 3.88. The Morgan fingerprint density at radius 3 is 2.56 bits per heavy atom. The maximum Gasteiger partial charge on any atom is 0.416 e. The van der Waals surface area contributed by atoms with Crippen LogP contribution >= 0.6 is 0 Å². The van der Waals surface area contributed by atoms with Crippen molar-refractivity contribution in [2.24, 2.45) is 0 Å². The molecule has 0 aromatic heterocycles. The molecular weight excluding hydrogens is 246 g/mol. The lowest BCUT2D eigenvalue weighted by Gasteiger charge is -2.10. The predicted octanol–water partition coefficient (Wildman–Crippen LogP) is 3.90. The Morgan fingerprint density at radius 1 is 1.22 bits per heavy atom. The molecule has 100 valence electrons. The summed E-state index contributed by atoms with van der Waals surface area (Å²) in [6.45, 7) is 2.75. The number of rotatable bonds is 5. The monoisotopic (exact) mass is 261 g/mol. The highest BCUT2D eigenvalue weighted by Crippen LogP contribution is 2.30. The molecule has 0 heterocycles. The molecule has 5 heteroatoms. The molecule has 1 N–H and O–H groups in total. The summed E-state index contributed by atoms with van der Waals surface area (Å²) in [5.74, 6) is -0.866. The number of hydrogen-bond acceptors (Lipinski definition) is 1. The summed E-state index contributed by atoms with van der Waals surface area (Å²) in [4.78, 5) is 0. The zero-order valence-electron chi connectivity index (χ0n) is 10.0. The van der Waals surface area contributed by atoms with Crippen LogP contribution in [0.1, 0.15) is 24.5 Å². The van der Waals surface area contributed by atoms with Crippen molar-refractivity contribution in [2.45, 2.75) is 26.1 Å². The van der Waals surface area contributed by atoms with Gasteiger partial charge in [0.15, 0.2) is 0 Å². The van der Waals surface area contributed by atoms with Crippen molar-refractivity contribution in [3.8, 4) is 0 Å². The van der Waals surface area contributed by atoms with Gasteiger partial charge in [0.1, 0.15) is 5.82 Å². The Morgan fingerprint density at radius 2 is 1.94 bits per heavy atom. The molecule has 1 aromatic rings. The molecule has 0 fully saturated rings. The van der Waals surface area contributed by atoms with Gasteiger partial charge in [-0.3, -0.25) is 0 Å². The minimum Gasteiger partial charge on any atom is -0.312 e. The van der Waals surface area contributed by atoms with Crippen molar-refractivity contribution in [3.05, 3.63) is 47.3 Å². The number of allylic oxidation sites excluding steroid dienone is 1. The summed E-state index contributed by atoms with van der Waals surface area (Å²) < 4.78 is 50.4. The van der Waals surface area contributed by atoms with Crippen LogP contribution < -0.4 is 5.32 Å². The Bertz CT molecular complexity index is 410. The average Bonchev–Trinajstić information content (AvgIpc) is 2.27. The molecular formula is C13H15F4N. The molecule has 1 aromatic carbocycles. The first kappa shape index (κ1) is 14.7. The number of alkyl halides is 3. The summed E-state index contributed by atoms with van der Waals surface area (Å²) in [6.07, 6.45) is 0.116. The molecule has 0 spiro atoms. The van der Waals surface area contributed by atoms with Crippen molar-refractivity contribution in [2.75, 3.05) is 6.54 Å². The van der Waals surface area contributed by atoms with Crippen LogP contribution in [0, 0.1) is 5.82 Å². The molecule has 0 bridgehead atoms. The van der Waals surface area contributed by atoms with Gasteiger partial charge in [0, 0.05) is 6.54 Å². The van der Waals surface area contributed by atoms with Gasteiger partial charge in [0.2, 0.25) is 0 Å². The van der Waals surface area contributed by atoms with Crippen LogP contribution in [0.2, 0.25) is 0 Å². The van der Waals surface area contributed by atoms with Crippen LogP contribution in [0.15, 0.2) is 30.4 Å². The molecule has 0 unspecified atom stereocenters. The Labute approximate surface area is 104 Å². The summed E-state index contributed by atoms with van der Waals surface area (Å²) in [7, 11) is 0. The lowest BCUT2D eigenvalue weighted by Crippen LogP contribution is -2.15. The highest BCUT2D eigenvalue weighted by molar-refractivity contribution is 5.26. The van der Waals surface area contributed by atoms with Gasteiger partial charge in [-0.2, -0.15) is 13.2 Å². The van der Waals surface area contributed by atoms with Gasteiger partial charge in [0.05, 0.1) is 5.56 Å². The molecule has 0 aliphatic heterocycles. The first-order chi connectivity index (χ1) is 8.43. The van der Waals surface area contributed by atoms with E-state index in [4.69, 9.17) is 0 Å². The fourth-order valence-corrected chi connectivity index (χ4v) is 1.50. The van der Waals surface area contributed by atoms with Crippen molar-refractivity contribution < 1.29 is 17.6 Å². The van der Waals surface area contributed by atoms with E-state index in [1.807, 2.05) is 19.1 Å². The zero-order valence-corrected chi connectivity index (χ0v) is 10.0. The molecule has 0 aliphatic rings. The summed E-state index contributed by atoms with van der Waals surface area (Å²) in [6, 6.07) is 2.58. The second-order valence-electron chi connectivity index (χ2n) is 3.88. The Balaban J connectivity index is 2.63. The predicted molar refractivity (Wildman–Crippen MR) is 62.5 cm³/mol. The van der Waals surface area contributed by atoms with Crippen LogP contribution in [0.3, 0.4) is 0 Å². The standard InChI is InChI=1S/C13H15F4N/c1-2-3-4-5-18-9-10-6-11(13(15,16)17)8-12(14)7-10/h2-3,6-8,18H,4-5,9H2,1H3/b3-2+. The zero-order chi connectivity index (χ0) is 13.6. The van der Waals surface area contributed by atoms with Crippen LogP contribution in [0.25, 0.3) is 0 Å². The molecule has 0 atom stereocenters. The van der Waals surface area contributed by atoms with Gasteiger partial charge in [-0.05, 0) is 43.7 Å². The van der Waals surface area contributed by atoms with Crippen molar-refractivity contribution in [1.29, 1.82) is 0 Å². The van der Waals surface area contributed by atoms with E-state index >= 15 is 0 Å². The van der Waals surface area contributed by atoms with E-state index in [0.717, 1.165) is 18.6 Å². The third kappa shape index (κ3) is 4.87. The van der Waals surface area contributed by atoms with Crippen LogP contribution in [0.5, 0.6) is 0 Å². The average molecular weight is 261 g/mol. The van der Waals surface area contributed by atoms with Crippen molar-refractivity contribution in [1.82, 2.24) is 5.32 Å². The first-order valence-electron chi connectivity index (χ1n) is 5.62. The second kappa shape index (κ2) is 6.54. The topological polar surface area (TPSA) is 12.0 Å². The summed E-state index contributed by atoms with van der Waals surface area (Å²) in [5.41, 5.74) is -0.657. The van der Waals surface area contributed by atoms with Crippen LogP contribution in [-0.4, -0.2) is 6.54 Å². The fraction of sp³-hybridized carbons (Fsp3) is 0.385. The smallest absolute Gasteiger partial charge is 0.312 e. The van der Waals surface area contributed by atoms with Crippen molar-refractivity contribution >= 4 is 0 Å². The lowest BCUT2D eigenvalue weighted by molar-refractivity contribution is -0.137. The molecule has 0 saturated carbocycles. The third-order valence-corrected chi connectivity index (χ3v) is 2.34. The molecule has 1 nitrogen and oxygen atoms in total. The van der Waals surface area contributed by atoms with Gasteiger partial charge in [-0.25, -0.2) is 4.39 Å². The molecule has 0 aliphatic carbocycles. The van der Waals surface area contributed by atoms with Gasteiger partial charge in [-0.15, -0.1) is 0 Å². The molecule has 18 heavy (non-hydrogen) atoms. The molecule has 1 rings (SSSR count). The maximum atomic E-state index is 13.0. The van der Waals surface area contributed by atoms with Gasteiger partial charge >= 0.3 is 6.18 Å². The number of hydrogen-bond donors (Lipinski definition) is 1. The highest BCUT2D eigenvalue weighted by Gasteiger charge is 2.31. The quantitative estimate of drug-likeness (QED) is 0.481. The van der Waals surface area contributed by atoms with E-state index in [0.29, 0.717) is 18.2 Å². The largest absolute Gasteiger partial charge is 0.416 e. The minimum absolute atomic E-state index is 0.221. The highest BCUT2D eigenvalue weighted by atomic mass is 19.4. The van der Waals surface area contributed by atoms with E-state index in [1.54, 1.807) is 0 Å². The summed E-state index contributed by atoms with van der Waals surface area (Å²) in [5, 5.41) is 2.96. The number of benzene rings is 1. The Hall–Kier alpha value is -1.36. The first-order valence-corrected chi connectivity index (χ1v) is 5.62. The number of halogens is 4. The van der Waals surface area contributed by atoms with Gasteiger partial charge < -0.3 is 5.32 Å². The van der Waals surface area contributed by atoms with E-state index < -0.39 is 17.6 Å². The normalized spacial score (nSPS) is 12.3. The van der Waals surface area contributed by atoms with E-state index in [9.17, 15) is 17.6 Å².